The van der Waals surface area contributed by atoms with E-state index in [-0.39, 0.29) is 0 Å². The average Bonchev–Trinajstić information content (AvgIpc) is 2.18. The summed E-state index contributed by atoms with van der Waals surface area (Å²) in [5.41, 5.74) is 0. The van der Waals surface area contributed by atoms with Gasteiger partial charge in [0, 0.05) is 6.16 Å². The summed E-state index contributed by atoms with van der Waals surface area (Å²) >= 11 is 0. The zero-order valence-corrected chi connectivity index (χ0v) is 10.7. The summed E-state index contributed by atoms with van der Waals surface area (Å²) in [6, 6.07) is -0.609. The first-order chi connectivity index (χ1) is 6.99. The average molecular weight is 237 g/mol. The Morgan fingerprint density at radius 3 is 2.33 bits per heavy atom. The van der Waals surface area contributed by atoms with E-state index in [1.54, 1.807) is 27.7 Å². The molecule has 0 aromatic rings. The lowest BCUT2D eigenvalue weighted by molar-refractivity contribution is -0.144. The molecule has 0 amide bonds. The second-order valence-electron chi connectivity index (χ2n) is 3.01. The van der Waals surface area contributed by atoms with Crippen molar-refractivity contribution >= 4 is 13.5 Å². The Bertz CT molecular complexity index is 244. The molecule has 0 saturated carbocycles. The second-order valence-corrected chi connectivity index (χ2v) is 5.51. The van der Waals surface area contributed by atoms with Gasteiger partial charge in [0.25, 0.3) is 7.52 Å². The predicted octanol–water partition coefficient (Wildman–Crippen LogP) is 1.78. The predicted molar refractivity (Wildman–Crippen MR) is 59.0 cm³/mol. The number of carbonyl (C=O) groups is 1. The molecule has 0 saturated heterocycles. The first kappa shape index (κ1) is 14.6. The van der Waals surface area contributed by atoms with Crippen molar-refractivity contribution in [1.82, 2.24) is 5.09 Å². The molecule has 90 valence electrons. The maximum Gasteiger partial charge on any atom is 0.323 e. The van der Waals surface area contributed by atoms with Crippen LogP contribution < -0.4 is 5.09 Å². The Morgan fingerprint density at radius 1 is 1.33 bits per heavy atom. The van der Waals surface area contributed by atoms with Gasteiger partial charge >= 0.3 is 5.97 Å². The largest absolute Gasteiger partial charge is 0.465 e. The molecule has 1 N–H and O–H groups in total. The minimum Gasteiger partial charge on any atom is -0.465 e. The normalized spacial score (nSPS) is 16.8. The van der Waals surface area contributed by atoms with Crippen LogP contribution in [0.5, 0.6) is 0 Å². The number of carbonyl (C=O) groups excluding carboxylic acids is 1. The highest BCUT2D eigenvalue weighted by atomic mass is 31.2. The van der Waals surface area contributed by atoms with Crippen LogP contribution in [0.1, 0.15) is 27.7 Å². The van der Waals surface area contributed by atoms with Crippen molar-refractivity contribution in [3.63, 3.8) is 0 Å². The van der Waals surface area contributed by atoms with E-state index in [2.05, 4.69) is 5.09 Å². The molecule has 0 radical (unpaired) electrons. The molecule has 1 unspecified atom stereocenters. The molecule has 6 heteroatoms. The van der Waals surface area contributed by atoms with E-state index in [1.807, 2.05) is 0 Å². The maximum absolute atomic E-state index is 12.0. The number of esters is 1. The number of hydrogen-bond acceptors (Lipinski definition) is 4. The topological polar surface area (TPSA) is 64.6 Å². The molecule has 0 aliphatic rings. The van der Waals surface area contributed by atoms with Crippen LogP contribution in [0.3, 0.4) is 0 Å². The zero-order valence-electron chi connectivity index (χ0n) is 9.78. The minimum atomic E-state index is -2.88. The van der Waals surface area contributed by atoms with Gasteiger partial charge in [-0.2, -0.15) is 0 Å². The fourth-order valence-electron chi connectivity index (χ4n) is 1.04. The summed E-state index contributed by atoms with van der Waals surface area (Å²) < 4.78 is 21.9. The van der Waals surface area contributed by atoms with Gasteiger partial charge in [-0.1, -0.05) is 6.92 Å². The van der Waals surface area contributed by atoms with Gasteiger partial charge in [-0.15, -0.1) is 0 Å². The molecule has 0 spiro atoms. The fourth-order valence-corrected chi connectivity index (χ4v) is 2.60. The first-order valence-electron chi connectivity index (χ1n) is 5.17. The number of hydrogen-bond donors (Lipinski definition) is 1. The van der Waals surface area contributed by atoms with Crippen LogP contribution in [-0.2, 0) is 18.6 Å². The molecule has 0 rings (SSSR count). The molecular formula is C9H20NO4P. The maximum atomic E-state index is 12.0. The third-order valence-corrected chi connectivity index (χ3v) is 4.07. The Kier molecular flexibility index (Phi) is 6.81. The molecule has 0 aliphatic heterocycles. The lowest BCUT2D eigenvalue weighted by Gasteiger charge is -2.20. The molecule has 0 heterocycles. The Morgan fingerprint density at radius 2 is 1.93 bits per heavy atom. The molecule has 5 nitrogen and oxygen atoms in total. The fraction of sp³-hybridized carbons (Fsp3) is 0.889. The Labute approximate surface area is 91.0 Å². The summed E-state index contributed by atoms with van der Waals surface area (Å²) in [6.45, 7) is 7.52. The van der Waals surface area contributed by atoms with Crippen molar-refractivity contribution in [3.8, 4) is 0 Å². The highest BCUT2D eigenvalue weighted by molar-refractivity contribution is 7.56. The Hall–Kier alpha value is -0.380. The van der Waals surface area contributed by atoms with Crippen LogP contribution in [0.25, 0.3) is 0 Å². The monoisotopic (exact) mass is 237 g/mol. The third-order valence-electron chi connectivity index (χ3n) is 1.78. The molecule has 0 bridgehead atoms. The van der Waals surface area contributed by atoms with Gasteiger partial charge < -0.3 is 9.26 Å². The molecule has 0 fully saturated rings. The van der Waals surface area contributed by atoms with Crippen molar-refractivity contribution in [3.05, 3.63) is 0 Å². The summed E-state index contributed by atoms with van der Waals surface area (Å²) in [4.78, 5) is 11.3. The SMILES string of the molecule is CCOC(=O)[C@H](C)NP(=O)(CC)OCC. The van der Waals surface area contributed by atoms with Crippen molar-refractivity contribution < 1.29 is 18.6 Å². The summed E-state index contributed by atoms with van der Waals surface area (Å²) in [5.74, 6) is -0.411. The van der Waals surface area contributed by atoms with E-state index in [4.69, 9.17) is 9.26 Å². The minimum absolute atomic E-state index is 0.315. The van der Waals surface area contributed by atoms with E-state index in [0.717, 1.165) is 0 Å². The van der Waals surface area contributed by atoms with Crippen LogP contribution in [-0.4, -0.2) is 31.4 Å². The van der Waals surface area contributed by atoms with Crippen LogP contribution in [0.2, 0.25) is 0 Å². The number of nitrogens with one attached hydrogen (secondary N) is 1. The third kappa shape index (κ3) is 5.30. The zero-order chi connectivity index (χ0) is 11.9. The molecule has 2 atom stereocenters. The highest BCUT2D eigenvalue weighted by Gasteiger charge is 2.26. The van der Waals surface area contributed by atoms with Crippen molar-refractivity contribution in [2.75, 3.05) is 19.4 Å². The van der Waals surface area contributed by atoms with Gasteiger partial charge in [-0.25, -0.2) is 5.09 Å². The smallest absolute Gasteiger partial charge is 0.323 e. The van der Waals surface area contributed by atoms with Crippen molar-refractivity contribution in [1.29, 1.82) is 0 Å². The van der Waals surface area contributed by atoms with Crippen molar-refractivity contribution in [2.45, 2.75) is 33.7 Å². The summed E-state index contributed by atoms with van der Waals surface area (Å²) in [5, 5.41) is 2.69. The molecule has 0 aromatic carbocycles. The lowest BCUT2D eigenvalue weighted by atomic mass is 10.4. The Balaban J connectivity index is 4.29. The second kappa shape index (κ2) is 6.99. The van der Waals surface area contributed by atoms with Crippen LogP contribution in [0.15, 0.2) is 0 Å². The lowest BCUT2D eigenvalue weighted by Crippen LogP contribution is -2.34. The quantitative estimate of drug-likeness (QED) is 0.540. The van der Waals surface area contributed by atoms with Crippen molar-refractivity contribution in [2.24, 2.45) is 0 Å². The molecule has 0 aliphatic carbocycles. The first-order valence-corrected chi connectivity index (χ1v) is 6.98. The van der Waals surface area contributed by atoms with E-state index in [1.165, 1.54) is 0 Å². The van der Waals surface area contributed by atoms with Gasteiger partial charge in [0.05, 0.1) is 13.2 Å². The summed E-state index contributed by atoms with van der Waals surface area (Å²) in [6.07, 6.45) is 0.352. The van der Waals surface area contributed by atoms with E-state index >= 15 is 0 Å². The molecular weight excluding hydrogens is 217 g/mol. The summed E-state index contributed by atoms with van der Waals surface area (Å²) in [7, 11) is -2.88. The van der Waals surface area contributed by atoms with Gasteiger partial charge in [0.2, 0.25) is 0 Å². The highest BCUT2D eigenvalue weighted by Crippen LogP contribution is 2.42. The van der Waals surface area contributed by atoms with Crippen LogP contribution in [0.4, 0.5) is 0 Å². The van der Waals surface area contributed by atoms with Crippen LogP contribution >= 0.6 is 7.52 Å². The van der Waals surface area contributed by atoms with Gasteiger partial charge in [0.1, 0.15) is 6.04 Å². The van der Waals surface area contributed by atoms with E-state index < -0.39 is 19.5 Å². The van der Waals surface area contributed by atoms with Crippen LogP contribution in [0, 0.1) is 0 Å². The van der Waals surface area contributed by atoms with Gasteiger partial charge in [-0.05, 0) is 20.8 Å². The van der Waals surface area contributed by atoms with E-state index in [0.29, 0.717) is 19.4 Å². The number of rotatable bonds is 7. The van der Waals surface area contributed by atoms with Gasteiger partial charge in [-0.3, -0.25) is 9.36 Å². The van der Waals surface area contributed by atoms with Gasteiger partial charge in [0.15, 0.2) is 0 Å². The standard InChI is InChI=1S/C9H20NO4P/c1-5-13-9(11)8(4)10-15(12,7-3)14-6-2/h8H,5-7H2,1-4H3,(H,10,12)/t8-,15?/m0/s1. The number of ether oxygens (including phenoxy) is 1. The molecule has 15 heavy (non-hydrogen) atoms. The van der Waals surface area contributed by atoms with E-state index in [9.17, 15) is 9.36 Å². The molecule has 0 aromatic heterocycles.